The maximum Gasteiger partial charge on any atom is 0.301 e. The van der Waals surface area contributed by atoms with Crippen molar-refractivity contribution in [2.75, 3.05) is 0 Å². The van der Waals surface area contributed by atoms with Crippen molar-refractivity contribution in [3.63, 3.8) is 0 Å². The summed E-state index contributed by atoms with van der Waals surface area (Å²) in [6.07, 6.45) is 1.46. The minimum absolute atomic E-state index is 0.209. The van der Waals surface area contributed by atoms with Crippen molar-refractivity contribution in [3.8, 4) is 0 Å². The standard InChI is InChI=1S/C11H13BrN4O2/c1-6-9(12)7(2)16(15-6)5-8-3-4-18-10(8)11(17)14-13/h3-4H,5,13H2,1-2H3,(H,14,17). The highest BCUT2D eigenvalue weighted by atomic mass is 79.9. The average molecular weight is 313 g/mol. The van der Waals surface area contributed by atoms with E-state index in [4.69, 9.17) is 10.3 Å². The first-order chi connectivity index (χ1) is 8.54. The summed E-state index contributed by atoms with van der Waals surface area (Å²) in [4.78, 5) is 11.5. The summed E-state index contributed by atoms with van der Waals surface area (Å²) in [6, 6.07) is 1.73. The minimum Gasteiger partial charge on any atom is -0.459 e. The van der Waals surface area contributed by atoms with Crippen LogP contribution in [0.3, 0.4) is 0 Å². The summed E-state index contributed by atoms with van der Waals surface area (Å²) in [5.74, 6) is 4.86. The van der Waals surface area contributed by atoms with Crippen LogP contribution >= 0.6 is 15.9 Å². The first-order valence-electron chi connectivity index (χ1n) is 5.31. The van der Waals surface area contributed by atoms with Gasteiger partial charge in [-0.05, 0) is 35.8 Å². The Balaban J connectivity index is 2.32. The van der Waals surface area contributed by atoms with E-state index in [0.717, 1.165) is 21.4 Å². The summed E-state index contributed by atoms with van der Waals surface area (Å²) in [7, 11) is 0. The topological polar surface area (TPSA) is 86.1 Å². The number of nitrogens with zero attached hydrogens (tertiary/aromatic N) is 2. The van der Waals surface area contributed by atoms with Gasteiger partial charge in [-0.1, -0.05) is 0 Å². The van der Waals surface area contributed by atoms with Crippen LogP contribution in [0.5, 0.6) is 0 Å². The summed E-state index contributed by atoms with van der Waals surface area (Å²) < 4.78 is 7.89. The van der Waals surface area contributed by atoms with Gasteiger partial charge in [0.05, 0.1) is 28.7 Å². The molecule has 0 aliphatic heterocycles. The number of nitrogen functional groups attached to an aromatic ring is 1. The maximum atomic E-state index is 11.5. The molecule has 2 rings (SSSR count). The summed E-state index contributed by atoms with van der Waals surface area (Å²) in [5, 5.41) is 4.38. The number of hydrogen-bond acceptors (Lipinski definition) is 4. The van der Waals surface area contributed by atoms with Crippen molar-refractivity contribution < 1.29 is 9.21 Å². The van der Waals surface area contributed by atoms with Gasteiger partial charge in [0.25, 0.3) is 0 Å². The second-order valence-electron chi connectivity index (χ2n) is 3.89. The SMILES string of the molecule is Cc1nn(Cc2ccoc2C(=O)NN)c(C)c1Br. The van der Waals surface area contributed by atoms with Crippen LogP contribution in [0.4, 0.5) is 0 Å². The number of hydrazine groups is 1. The molecule has 2 aromatic heterocycles. The van der Waals surface area contributed by atoms with Crippen LogP contribution in [0.2, 0.25) is 0 Å². The van der Waals surface area contributed by atoms with Crippen LogP contribution in [-0.4, -0.2) is 15.7 Å². The Morgan fingerprint density at radius 3 is 2.89 bits per heavy atom. The zero-order chi connectivity index (χ0) is 13.3. The Morgan fingerprint density at radius 1 is 1.61 bits per heavy atom. The number of rotatable bonds is 3. The molecule has 0 saturated carbocycles. The number of hydrogen-bond donors (Lipinski definition) is 2. The Morgan fingerprint density at radius 2 is 2.33 bits per heavy atom. The smallest absolute Gasteiger partial charge is 0.301 e. The van der Waals surface area contributed by atoms with E-state index in [1.807, 2.05) is 13.8 Å². The van der Waals surface area contributed by atoms with Crippen LogP contribution in [0.1, 0.15) is 27.5 Å². The molecule has 0 aliphatic carbocycles. The number of nitrogens with two attached hydrogens (primary N) is 1. The Bertz CT molecular complexity index is 588. The molecule has 0 saturated heterocycles. The highest BCUT2D eigenvalue weighted by molar-refractivity contribution is 9.10. The van der Waals surface area contributed by atoms with Crippen LogP contribution in [0.25, 0.3) is 0 Å². The second-order valence-corrected chi connectivity index (χ2v) is 4.68. The molecule has 0 spiro atoms. The lowest BCUT2D eigenvalue weighted by atomic mass is 10.2. The molecule has 0 aromatic carbocycles. The highest BCUT2D eigenvalue weighted by Gasteiger charge is 2.16. The van der Waals surface area contributed by atoms with Gasteiger partial charge in [0, 0.05) is 5.56 Å². The van der Waals surface area contributed by atoms with E-state index < -0.39 is 5.91 Å². The van der Waals surface area contributed by atoms with E-state index in [0.29, 0.717) is 6.54 Å². The average Bonchev–Trinajstić information content (AvgIpc) is 2.91. The van der Waals surface area contributed by atoms with E-state index in [9.17, 15) is 4.79 Å². The first-order valence-corrected chi connectivity index (χ1v) is 6.10. The van der Waals surface area contributed by atoms with Crippen molar-refractivity contribution in [1.82, 2.24) is 15.2 Å². The predicted molar refractivity (Wildman–Crippen MR) is 68.9 cm³/mol. The van der Waals surface area contributed by atoms with Gasteiger partial charge in [0.2, 0.25) is 0 Å². The third-order valence-corrected chi connectivity index (χ3v) is 3.85. The highest BCUT2D eigenvalue weighted by Crippen LogP contribution is 2.21. The van der Waals surface area contributed by atoms with Crippen molar-refractivity contribution in [2.24, 2.45) is 5.84 Å². The monoisotopic (exact) mass is 312 g/mol. The van der Waals surface area contributed by atoms with E-state index in [1.54, 1.807) is 10.7 Å². The molecule has 96 valence electrons. The zero-order valence-corrected chi connectivity index (χ0v) is 11.6. The van der Waals surface area contributed by atoms with Crippen LogP contribution in [0.15, 0.2) is 21.2 Å². The molecule has 6 nitrogen and oxygen atoms in total. The van der Waals surface area contributed by atoms with Gasteiger partial charge in [0.15, 0.2) is 5.76 Å². The Hall–Kier alpha value is -1.60. The zero-order valence-electron chi connectivity index (χ0n) is 10.0. The largest absolute Gasteiger partial charge is 0.459 e. The molecular formula is C11H13BrN4O2. The molecule has 0 bridgehead atoms. The molecule has 1 amide bonds. The number of carbonyl (C=O) groups excluding carboxylic acids is 1. The van der Waals surface area contributed by atoms with Gasteiger partial charge >= 0.3 is 5.91 Å². The Labute approximate surface area is 112 Å². The van der Waals surface area contributed by atoms with Gasteiger partial charge in [-0.3, -0.25) is 14.9 Å². The predicted octanol–water partition coefficient (Wildman–Crippen LogP) is 1.51. The molecule has 7 heteroatoms. The summed E-state index contributed by atoms with van der Waals surface area (Å²) in [6.45, 7) is 4.32. The van der Waals surface area contributed by atoms with Gasteiger partial charge < -0.3 is 4.42 Å². The molecular weight excluding hydrogens is 300 g/mol. The molecule has 18 heavy (non-hydrogen) atoms. The normalized spacial score (nSPS) is 10.7. The molecule has 0 atom stereocenters. The molecule has 0 aliphatic rings. The number of halogens is 1. The quantitative estimate of drug-likeness (QED) is 0.511. The number of aromatic nitrogens is 2. The minimum atomic E-state index is -0.449. The van der Waals surface area contributed by atoms with Gasteiger partial charge in [-0.2, -0.15) is 5.10 Å². The summed E-state index contributed by atoms with van der Waals surface area (Å²) in [5.41, 5.74) is 4.68. The second kappa shape index (κ2) is 4.95. The van der Waals surface area contributed by atoms with Crippen molar-refractivity contribution >= 4 is 21.8 Å². The van der Waals surface area contributed by atoms with E-state index in [2.05, 4.69) is 26.5 Å². The molecule has 0 fully saturated rings. The van der Waals surface area contributed by atoms with E-state index in [1.165, 1.54) is 6.26 Å². The van der Waals surface area contributed by atoms with Crippen LogP contribution < -0.4 is 11.3 Å². The van der Waals surface area contributed by atoms with Crippen molar-refractivity contribution in [1.29, 1.82) is 0 Å². The van der Waals surface area contributed by atoms with E-state index in [-0.39, 0.29) is 5.76 Å². The van der Waals surface area contributed by atoms with Gasteiger partial charge in [-0.15, -0.1) is 0 Å². The number of carbonyl (C=O) groups is 1. The number of nitrogens with one attached hydrogen (secondary N) is 1. The first kappa shape index (κ1) is 12.8. The molecule has 2 aromatic rings. The fourth-order valence-corrected chi connectivity index (χ4v) is 2.00. The Kier molecular flexibility index (Phi) is 3.53. The molecule has 2 heterocycles. The van der Waals surface area contributed by atoms with Crippen LogP contribution in [0, 0.1) is 13.8 Å². The lowest BCUT2D eigenvalue weighted by molar-refractivity contribution is 0.0924. The third kappa shape index (κ3) is 2.19. The van der Waals surface area contributed by atoms with E-state index >= 15 is 0 Å². The van der Waals surface area contributed by atoms with Crippen LogP contribution in [-0.2, 0) is 6.54 Å². The van der Waals surface area contributed by atoms with Gasteiger partial charge in [-0.25, -0.2) is 5.84 Å². The van der Waals surface area contributed by atoms with Gasteiger partial charge in [0.1, 0.15) is 0 Å². The van der Waals surface area contributed by atoms with Crippen molar-refractivity contribution in [3.05, 3.63) is 39.5 Å². The number of amides is 1. The molecule has 0 unspecified atom stereocenters. The fourth-order valence-electron chi connectivity index (χ4n) is 1.72. The fraction of sp³-hybridized carbons (Fsp3) is 0.273. The lowest BCUT2D eigenvalue weighted by Gasteiger charge is -2.04. The third-order valence-electron chi connectivity index (χ3n) is 2.70. The summed E-state index contributed by atoms with van der Waals surface area (Å²) >= 11 is 3.46. The molecule has 0 radical (unpaired) electrons. The number of aryl methyl sites for hydroxylation is 1. The lowest BCUT2D eigenvalue weighted by Crippen LogP contribution is -2.30. The molecule has 3 N–H and O–H groups in total. The maximum absolute atomic E-state index is 11.5. The van der Waals surface area contributed by atoms with Crippen molar-refractivity contribution in [2.45, 2.75) is 20.4 Å². The number of furan rings is 1.